The van der Waals surface area contributed by atoms with E-state index < -0.39 is 45.5 Å². The van der Waals surface area contributed by atoms with Crippen LogP contribution in [0.1, 0.15) is 20.3 Å². The second kappa shape index (κ2) is 6.12. The van der Waals surface area contributed by atoms with Gasteiger partial charge in [-0.15, -0.1) is 0 Å². The van der Waals surface area contributed by atoms with Crippen LogP contribution in [0.2, 0.25) is 0 Å². The molecule has 18 heavy (non-hydrogen) atoms. The van der Waals surface area contributed by atoms with Crippen LogP contribution < -0.4 is 21.5 Å². The van der Waals surface area contributed by atoms with Gasteiger partial charge in [0.25, 0.3) is 0 Å². The zero-order valence-corrected chi connectivity index (χ0v) is 12.2. The van der Waals surface area contributed by atoms with Crippen molar-refractivity contribution in [2.24, 2.45) is 0 Å². The Hall–Kier alpha value is 0.230. The standard InChI is InChI=1S/C9H15F6INO/c1-4-5-16-17(3)6(2)7(18,8(10,11)12)9(13,14)15/h6,18H,4-5H2,1-3H3/q-1. The molecule has 0 heterocycles. The molecule has 0 saturated carbocycles. The van der Waals surface area contributed by atoms with E-state index in [-0.39, 0.29) is 0 Å². The number of hydrogen-bond acceptors (Lipinski definition) is 2. The van der Waals surface area contributed by atoms with Gasteiger partial charge in [0.15, 0.2) is 0 Å². The summed E-state index contributed by atoms with van der Waals surface area (Å²) < 4.78 is 76.8. The normalized spacial score (nSPS) is 16.4. The molecular weight excluding hydrogens is 379 g/mol. The number of alkyl halides is 7. The van der Waals surface area contributed by atoms with E-state index >= 15 is 0 Å². The van der Waals surface area contributed by atoms with Crippen molar-refractivity contribution in [1.82, 2.24) is 3.11 Å². The monoisotopic (exact) mass is 394 g/mol. The maximum atomic E-state index is 12.5. The average Bonchev–Trinajstić information content (AvgIpc) is 2.20. The number of aliphatic hydroxyl groups is 1. The first-order valence-electron chi connectivity index (χ1n) is 5.07. The number of halogens is 7. The molecule has 0 aromatic heterocycles. The van der Waals surface area contributed by atoms with Gasteiger partial charge in [0.05, 0.1) is 0 Å². The Morgan fingerprint density at radius 2 is 1.50 bits per heavy atom. The summed E-state index contributed by atoms with van der Waals surface area (Å²) in [6, 6.07) is -2.06. The van der Waals surface area contributed by atoms with Crippen molar-refractivity contribution in [3.05, 3.63) is 0 Å². The van der Waals surface area contributed by atoms with Crippen LogP contribution in [0.3, 0.4) is 0 Å². The molecule has 0 aliphatic rings. The van der Waals surface area contributed by atoms with Gasteiger partial charge in [-0.1, -0.05) is 0 Å². The van der Waals surface area contributed by atoms with E-state index in [9.17, 15) is 26.3 Å². The van der Waals surface area contributed by atoms with Crippen LogP contribution in [0.4, 0.5) is 26.3 Å². The molecule has 0 bridgehead atoms. The molecule has 0 amide bonds. The summed E-state index contributed by atoms with van der Waals surface area (Å²) in [5.41, 5.74) is -4.69. The fraction of sp³-hybridized carbons (Fsp3) is 1.00. The summed E-state index contributed by atoms with van der Waals surface area (Å²) in [5.74, 6) is 0. The Balaban J connectivity index is 5.24. The predicted molar refractivity (Wildman–Crippen MR) is 49.4 cm³/mol. The number of rotatable bonds is 5. The first-order chi connectivity index (χ1) is 7.89. The van der Waals surface area contributed by atoms with Crippen LogP contribution in [-0.2, 0) is 0 Å². The molecular formula is C9H15F6INO-. The number of likely N-dealkylation sites (N-methyl/N-ethyl adjacent to an activating group) is 1. The molecule has 0 aromatic carbocycles. The number of hydrogen-bond donors (Lipinski definition) is 1. The molecule has 0 spiro atoms. The van der Waals surface area contributed by atoms with E-state index in [0.717, 1.165) is 10.0 Å². The second-order valence-electron chi connectivity index (χ2n) is 3.77. The van der Waals surface area contributed by atoms with E-state index in [0.29, 0.717) is 10.8 Å². The average molecular weight is 394 g/mol. The Kier molecular flexibility index (Phi) is 6.20. The molecule has 112 valence electrons. The van der Waals surface area contributed by atoms with Crippen LogP contribution in [0.15, 0.2) is 0 Å². The van der Waals surface area contributed by atoms with Crippen molar-refractivity contribution >= 4 is 0 Å². The van der Waals surface area contributed by atoms with Crippen LogP contribution in [-0.4, -0.2) is 43.7 Å². The van der Waals surface area contributed by atoms with Crippen LogP contribution in [0.25, 0.3) is 0 Å². The first kappa shape index (κ1) is 18.2. The van der Waals surface area contributed by atoms with Crippen LogP contribution >= 0.6 is 0 Å². The predicted octanol–water partition coefficient (Wildman–Crippen LogP) is -0.424. The third-order valence-electron chi connectivity index (χ3n) is 2.46. The van der Waals surface area contributed by atoms with Gasteiger partial charge in [-0.25, -0.2) is 0 Å². The summed E-state index contributed by atoms with van der Waals surface area (Å²) >= 11 is -0.968. The van der Waals surface area contributed by atoms with E-state index in [1.807, 2.05) is 0 Å². The Labute approximate surface area is 112 Å². The van der Waals surface area contributed by atoms with Gasteiger partial charge >= 0.3 is 112 Å². The Morgan fingerprint density at radius 3 is 1.78 bits per heavy atom. The van der Waals surface area contributed by atoms with Crippen molar-refractivity contribution in [3.8, 4) is 0 Å². The van der Waals surface area contributed by atoms with Crippen molar-refractivity contribution in [3.63, 3.8) is 0 Å². The number of nitrogens with zero attached hydrogens (tertiary/aromatic N) is 1. The molecule has 0 radical (unpaired) electrons. The van der Waals surface area contributed by atoms with Gasteiger partial charge in [0, 0.05) is 0 Å². The molecule has 1 unspecified atom stereocenters. The minimum atomic E-state index is -5.76. The van der Waals surface area contributed by atoms with Crippen molar-refractivity contribution in [2.45, 2.75) is 44.3 Å². The zero-order valence-electron chi connectivity index (χ0n) is 10.0. The molecule has 1 N–H and O–H groups in total. The zero-order chi connectivity index (χ0) is 14.8. The van der Waals surface area contributed by atoms with E-state index in [1.165, 1.54) is 7.05 Å². The Morgan fingerprint density at radius 1 is 1.11 bits per heavy atom. The van der Waals surface area contributed by atoms with Gasteiger partial charge in [-0.2, -0.15) is 0 Å². The summed E-state index contributed by atoms with van der Waals surface area (Å²) in [4.78, 5) is 0. The van der Waals surface area contributed by atoms with Gasteiger partial charge < -0.3 is 0 Å². The topological polar surface area (TPSA) is 23.5 Å². The van der Waals surface area contributed by atoms with Crippen LogP contribution in [0.5, 0.6) is 0 Å². The fourth-order valence-corrected chi connectivity index (χ4v) is 3.45. The molecule has 2 nitrogen and oxygen atoms in total. The molecule has 9 heteroatoms. The Bertz CT molecular complexity index is 253. The van der Waals surface area contributed by atoms with E-state index in [2.05, 4.69) is 0 Å². The van der Waals surface area contributed by atoms with Gasteiger partial charge in [-0.3, -0.25) is 0 Å². The molecule has 0 saturated heterocycles. The van der Waals surface area contributed by atoms with Crippen molar-refractivity contribution < 1.29 is 52.9 Å². The minimum absolute atomic E-state index is 0.561. The molecule has 0 aromatic rings. The SMILES string of the molecule is CCC[I-]N(C)C(C)C(O)(C(F)(F)F)C(F)(F)F. The van der Waals surface area contributed by atoms with Crippen molar-refractivity contribution in [2.75, 3.05) is 11.5 Å². The quantitative estimate of drug-likeness (QED) is 0.297. The third kappa shape index (κ3) is 3.62. The van der Waals surface area contributed by atoms with E-state index in [1.54, 1.807) is 6.92 Å². The van der Waals surface area contributed by atoms with Gasteiger partial charge in [-0.05, 0) is 0 Å². The fourth-order valence-electron chi connectivity index (χ4n) is 1.21. The molecule has 0 aliphatic heterocycles. The van der Waals surface area contributed by atoms with Crippen molar-refractivity contribution in [1.29, 1.82) is 0 Å². The van der Waals surface area contributed by atoms with E-state index in [4.69, 9.17) is 5.11 Å². The summed E-state index contributed by atoms with van der Waals surface area (Å²) in [7, 11) is 1.18. The van der Waals surface area contributed by atoms with Gasteiger partial charge in [0.2, 0.25) is 0 Å². The summed E-state index contributed by atoms with van der Waals surface area (Å²) in [6.45, 7) is 2.54. The molecule has 0 rings (SSSR count). The second-order valence-corrected chi connectivity index (χ2v) is 7.05. The summed E-state index contributed by atoms with van der Waals surface area (Å²) in [5, 5.41) is 9.15. The summed E-state index contributed by atoms with van der Waals surface area (Å²) in [6.07, 6.45) is -10.8. The molecule has 1 atom stereocenters. The van der Waals surface area contributed by atoms with Crippen LogP contribution in [0, 0.1) is 0 Å². The van der Waals surface area contributed by atoms with Gasteiger partial charge in [0.1, 0.15) is 0 Å². The maximum absolute atomic E-state index is 12.5. The molecule has 0 fully saturated rings. The molecule has 0 aliphatic carbocycles. The third-order valence-corrected chi connectivity index (χ3v) is 5.94. The first-order valence-corrected chi connectivity index (χ1v) is 7.56.